The van der Waals surface area contributed by atoms with E-state index in [1.54, 1.807) is 7.11 Å². The molecule has 0 radical (unpaired) electrons. The van der Waals surface area contributed by atoms with E-state index in [1.807, 2.05) is 55.7 Å². The van der Waals surface area contributed by atoms with E-state index in [0.29, 0.717) is 37.3 Å². The molecule has 1 aromatic carbocycles. The van der Waals surface area contributed by atoms with Gasteiger partial charge in [0.25, 0.3) is 11.8 Å². The quantitative estimate of drug-likeness (QED) is 0.905. The molecule has 0 aliphatic carbocycles. The van der Waals surface area contributed by atoms with Crippen molar-refractivity contribution in [3.05, 3.63) is 51.8 Å². The molecule has 6 heteroatoms. The maximum absolute atomic E-state index is 13.0. The fourth-order valence-corrected chi connectivity index (χ4v) is 3.64. The summed E-state index contributed by atoms with van der Waals surface area (Å²) in [7, 11) is 1.63. The molecule has 27 heavy (non-hydrogen) atoms. The van der Waals surface area contributed by atoms with E-state index >= 15 is 0 Å². The highest BCUT2D eigenvalue weighted by atomic mass is 16.5. The Hall–Kier alpha value is -2.76. The monoisotopic (exact) mass is 369 g/mol. The van der Waals surface area contributed by atoms with Gasteiger partial charge in [-0.25, -0.2) is 0 Å². The van der Waals surface area contributed by atoms with Crippen LogP contribution in [0.5, 0.6) is 5.75 Å². The number of aryl methyl sites for hydroxylation is 4. The second kappa shape index (κ2) is 7.47. The lowest BCUT2D eigenvalue weighted by atomic mass is 10.0. The Morgan fingerprint density at radius 3 is 1.89 bits per heavy atom. The van der Waals surface area contributed by atoms with Crippen molar-refractivity contribution in [2.24, 2.45) is 0 Å². The van der Waals surface area contributed by atoms with Crippen LogP contribution in [0.25, 0.3) is 0 Å². The lowest BCUT2D eigenvalue weighted by Gasteiger charge is -2.35. The van der Waals surface area contributed by atoms with E-state index in [9.17, 15) is 9.59 Å². The zero-order valence-electron chi connectivity index (χ0n) is 16.7. The topological polar surface area (TPSA) is 65.6 Å². The number of carbonyl (C=O) groups is 2. The Kier molecular flexibility index (Phi) is 5.26. The zero-order chi connectivity index (χ0) is 19.7. The summed E-state index contributed by atoms with van der Waals surface area (Å²) in [5, 5.41) is 0. The van der Waals surface area contributed by atoms with Gasteiger partial charge >= 0.3 is 0 Å². The van der Waals surface area contributed by atoms with Crippen molar-refractivity contribution >= 4 is 11.8 Å². The van der Waals surface area contributed by atoms with Crippen LogP contribution in [0.3, 0.4) is 0 Å². The number of nitrogens with one attached hydrogen (secondary N) is 1. The summed E-state index contributed by atoms with van der Waals surface area (Å²) in [5.41, 5.74) is 5.13. The van der Waals surface area contributed by atoms with E-state index in [2.05, 4.69) is 4.98 Å². The van der Waals surface area contributed by atoms with Gasteiger partial charge in [-0.2, -0.15) is 0 Å². The molecule has 0 saturated carbocycles. The van der Waals surface area contributed by atoms with Gasteiger partial charge in [-0.05, 0) is 57.0 Å². The van der Waals surface area contributed by atoms with Crippen molar-refractivity contribution in [2.45, 2.75) is 27.7 Å². The molecule has 2 aromatic rings. The molecule has 1 N–H and O–H groups in total. The zero-order valence-corrected chi connectivity index (χ0v) is 16.7. The first-order valence-electron chi connectivity index (χ1n) is 9.21. The van der Waals surface area contributed by atoms with Crippen molar-refractivity contribution in [1.82, 2.24) is 14.8 Å². The first kappa shape index (κ1) is 19.0. The van der Waals surface area contributed by atoms with Crippen LogP contribution in [-0.4, -0.2) is 59.9 Å². The van der Waals surface area contributed by atoms with Crippen LogP contribution in [0.1, 0.15) is 43.2 Å². The Morgan fingerprint density at radius 2 is 1.41 bits per heavy atom. The molecular formula is C21H27N3O3. The first-order chi connectivity index (χ1) is 12.8. The molecule has 2 heterocycles. The van der Waals surface area contributed by atoms with Crippen LogP contribution in [-0.2, 0) is 0 Å². The summed E-state index contributed by atoms with van der Waals surface area (Å²) in [5.74, 6) is 0.830. The number of piperazine rings is 1. The summed E-state index contributed by atoms with van der Waals surface area (Å²) >= 11 is 0. The predicted molar refractivity (Wildman–Crippen MR) is 105 cm³/mol. The number of hydrogen-bond acceptors (Lipinski definition) is 3. The number of benzene rings is 1. The third-order valence-electron chi connectivity index (χ3n) is 5.21. The van der Waals surface area contributed by atoms with Gasteiger partial charge in [-0.1, -0.05) is 0 Å². The lowest BCUT2D eigenvalue weighted by molar-refractivity contribution is 0.0534. The molecule has 6 nitrogen and oxygen atoms in total. The number of methoxy groups -OCH3 is 1. The Morgan fingerprint density at radius 1 is 0.852 bits per heavy atom. The van der Waals surface area contributed by atoms with Crippen molar-refractivity contribution in [3.63, 3.8) is 0 Å². The predicted octanol–water partition coefficient (Wildman–Crippen LogP) is 2.86. The molecule has 2 amide bonds. The van der Waals surface area contributed by atoms with Crippen LogP contribution in [0.2, 0.25) is 0 Å². The van der Waals surface area contributed by atoms with Crippen molar-refractivity contribution in [1.29, 1.82) is 0 Å². The maximum Gasteiger partial charge on any atom is 0.255 e. The average molecular weight is 369 g/mol. The molecule has 0 atom stereocenters. The lowest BCUT2D eigenvalue weighted by Crippen LogP contribution is -2.50. The molecule has 0 unspecified atom stereocenters. The highest BCUT2D eigenvalue weighted by Gasteiger charge is 2.27. The minimum absolute atomic E-state index is 0.0130. The van der Waals surface area contributed by atoms with Crippen LogP contribution < -0.4 is 4.74 Å². The smallest absolute Gasteiger partial charge is 0.255 e. The van der Waals surface area contributed by atoms with E-state index in [-0.39, 0.29) is 11.8 Å². The number of aromatic amines is 1. The summed E-state index contributed by atoms with van der Waals surface area (Å²) in [4.78, 5) is 32.5. The number of rotatable bonds is 3. The number of carbonyl (C=O) groups excluding carboxylic acids is 2. The fraction of sp³-hybridized carbons (Fsp3) is 0.429. The molecule has 1 fully saturated rings. The average Bonchev–Trinajstić information content (AvgIpc) is 3.00. The van der Waals surface area contributed by atoms with Gasteiger partial charge in [0.2, 0.25) is 0 Å². The normalized spacial score (nSPS) is 14.4. The highest BCUT2D eigenvalue weighted by Crippen LogP contribution is 2.24. The van der Waals surface area contributed by atoms with Crippen LogP contribution >= 0.6 is 0 Å². The maximum atomic E-state index is 13.0. The van der Waals surface area contributed by atoms with Gasteiger partial charge in [-0.3, -0.25) is 9.59 Å². The summed E-state index contributed by atoms with van der Waals surface area (Å²) in [6.45, 7) is 9.88. The van der Waals surface area contributed by atoms with Crippen molar-refractivity contribution in [3.8, 4) is 5.75 Å². The van der Waals surface area contributed by atoms with Gasteiger partial charge in [0.15, 0.2) is 0 Å². The van der Waals surface area contributed by atoms with Gasteiger partial charge in [0.1, 0.15) is 5.75 Å². The number of amides is 2. The van der Waals surface area contributed by atoms with E-state index in [0.717, 1.165) is 28.3 Å². The third kappa shape index (κ3) is 3.70. The number of aromatic nitrogens is 1. The second-order valence-electron chi connectivity index (χ2n) is 7.21. The summed E-state index contributed by atoms with van der Waals surface area (Å²) < 4.78 is 5.33. The standard InChI is InChI=1S/C21H27N3O3/c1-13-11-19(27-5)14(2)10-17(13)20(25)23-6-8-24(9-7-23)21(26)18-12-15(3)22-16(18)4/h10-12,22H,6-9H2,1-5H3. The molecule has 144 valence electrons. The van der Waals surface area contributed by atoms with Gasteiger partial charge in [0.05, 0.1) is 12.7 Å². The molecule has 0 spiro atoms. The number of nitrogens with zero attached hydrogens (tertiary/aromatic N) is 2. The Bertz CT molecular complexity index is 877. The minimum Gasteiger partial charge on any atom is -0.496 e. The summed E-state index contributed by atoms with van der Waals surface area (Å²) in [6.07, 6.45) is 0. The Labute approximate surface area is 160 Å². The van der Waals surface area contributed by atoms with Gasteiger partial charge in [-0.15, -0.1) is 0 Å². The first-order valence-corrected chi connectivity index (χ1v) is 9.21. The number of ether oxygens (including phenoxy) is 1. The molecule has 1 aliphatic rings. The van der Waals surface area contributed by atoms with Crippen LogP contribution in [0.4, 0.5) is 0 Å². The molecule has 1 aromatic heterocycles. The Balaban J connectivity index is 1.69. The fourth-order valence-electron chi connectivity index (χ4n) is 3.64. The van der Waals surface area contributed by atoms with E-state index in [4.69, 9.17) is 4.74 Å². The molecular weight excluding hydrogens is 342 g/mol. The van der Waals surface area contributed by atoms with Crippen LogP contribution in [0, 0.1) is 27.7 Å². The number of hydrogen-bond donors (Lipinski definition) is 1. The molecule has 1 saturated heterocycles. The largest absolute Gasteiger partial charge is 0.496 e. The SMILES string of the molecule is COc1cc(C)c(C(=O)N2CCN(C(=O)c3cc(C)[nH]c3C)CC2)cc1C. The van der Waals surface area contributed by atoms with Gasteiger partial charge < -0.3 is 19.5 Å². The van der Waals surface area contributed by atoms with Gasteiger partial charge in [0, 0.05) is 43.1 Å². The highest BCUT2D eigenvalue weighted by molar-refractivity contribution is 5.97. The molecule has 1 aliphatic heterocycles. The van der Waals surface area contributed by atoms with Crippen molar-refractivity contribution < 1.29 is 14.3 Å². The number of H-pyrrole nitrogens is 1. The van der Waals surface area contributed by atoms with E-state index in [1.165, 1.54) is 0 Å². The molecule has 3 rings (SSSR count). The molecule has 0 bridgehead atoms. The van der Waals surface area contributed by atoms with E-state index < -0.39 is 0 Å². The third-order valence-corrected chi connectivity index (χ3v) is 5.21. The summed E-state index contributed by atoms with van der Waals surface area (Å²) in [6, 6.07) is 5.68. The van der Waals surface area contributed by atoms with Crippen molar-refractivity contribution in [2.75, 3.05) is 33.3 Å². The minimum atomic E-state index is 0.0130. The van der Waals surface area contributed by atoms with Crippen LogP contribution in [0.15, 0.2) is 18.2 Å². The second-order valence-corrected chi connectivity index (χ2v) is 7.21.